The summed E-state index contributed by atoms with van der Waals surface area (Å²) in [5, 5.41) is 4.37. The number of anilines is 2. The molecule has 1 heterocycles. The number of nitrogens with two attached hydrogens (primary N) is 1. The second kappa shape index (κ2) is 5.07. The number of hydrogen-bond acceptors (Lipinski definition) is 4. The van der Waals surface area contributed by atoms with Crippen molar-refractivity contribution < 1.29 is 0 Å². The SMILES string of the molecule is CSCCNc1ccc2cc(N)ccc2n1. The summed E-state index contributed by atoms with van der Waals surface area (Å²) >= 11 is 1.82. The van der Waals surface area contributed by atoms with E-state index >= 15 is 0 Å². The molecule has 84 valence electrons. The molecule has 0 spiro atoms. The van der Waals surface area contributed by atoms with Crippen molar-refractivity contribution in [1.29, 1.82) is 0 Å². The third-order valence-corrected chi connectivity index (χ3v) is 2.94. The van der Waals surface area contributed by atoms with Crippen LogP contribution in [-0.4, -0.2) is 23.5 Å². The second-order valence-corrected chi connectivity index (χ2v) is 4.55. The van der Waals surface area contributed by atoms with E-state index in [9.17, 15) is 0 Å². The van der Waals surface area contributed by atoms with Crippen molar-refractivity contribution in [2.75, 3.05) is 29.6 Å². The molecule has 1 aromatic heterocycles. The molecule has 16 heavy (non-hydrogen) atoms. The molecule has 0 unspecified atom stereocenters. The number of benzene rings is 1. The molecule has 0 radical (unpaired) electrons. The molecule has 2 aromatic rings. The van der Waals surface area contributed by atoms with Crippen molar-refractivity contribution in [2.24, 2.45) is 0 Å². The molecule has 1 aromatic carbocycles. The highest BCUT2D eigenvalue weighted by molar-refractivity contribution is 7.98. The molecule has 4 heteroatoms. The fourth-order valence-electron chi connectivity index (χ4n) is 1.52. The Kier molecular flexibility index (Phi) is 3.51. The van der Waals surface area contributed by atoms with Crippen LogP contribution in [-0.2, 0) is 0 Å². The summed E-state index contributed by atoms with van der Waals surface area (Å²) in [6.07, 6.45) is 2.10. The van der Waals surface area contributed by atoms with Gasteiger partial charge in [-0.25, -0.2) is 4.98 Å². The Hall–Kier alpha value is -1.42. The van der Waals surface area contributed by atoms with Crippen molar-refractivity contribution in [2.45, 2.75) is 0 Å². The molecule has 3 nitrogen and oxygen atoms in total. The van der Waals surface area contributed by atoms with Gasteiger partial charge in [0.2, 0.25) is 0 Å². The minimum absolute atomic E-state index is 0.775. The third kappa shape index (κ3) is 2.58. The first-order chi connectivity index (χ1) is 7.79. The summed E-state index contributed by atoms with van der Waals surface area (Å²) in [5.41, 5.74) is 7.46. The highest BCUT2D eigenvalue weighted by Crippen LogP contribution is 2.17. The largest absolute Gasteiger partial charge is 0.399 e. The van der Waals surface area contributed by atoms with Crippen LogP contribution in [0.15, 0.2) is 30.3 Å². The quantitative estimate of drug-likeness (QED) is 0.629. The number of fused-ring (bicyclic) bond motifs is 1. The summed E-state index contributed by atoms with van der Waals surface area (Å²) in [7, 11) is 0. The summed E-state index contributed by atoms with van der Waals surface area (Å²) in [6, 6.07) is 9.79. The predicted molar refractivity (Wildman–Crippen MR) is 73.0 cm³/mol. The van der Waals surface area contributed by atoms with Gasteiger partial charge in [-0.1, -0.05) is 0 Å². The van der Waals surface area contributed by atoms with E-state index in [1.54, 1.807) is 0 Å². The summed E-state index contributed by atoms with van der Waals surface area (Å²) in [5.74, 6) is 2.01. The van der Waals surface area contributed by atoms with E-state index in [1.807, 2.05) is 42.1 Å². The third-order valence-electron chi connectivity index (χ3n) is 2.33. The molecule has 0 amide bonds. The van der Waals surface area contributed by atoms with Crippen molar-refractivity contribution >= 4 is 34.2 Å². The highest BCUT2D eigenvalue weighted by atomic mass is 32.2. The van der Waals surface area contributed by atoms with Crippen LogP contribution in [0, 0.1) is 0 Å². The lowest BCUT2D eigenvalue weighted by Gasteiger charge is -2.06. The molecule has 0 aliphatic rings. The normalized spacial score (nSPS) is 10.6. The molecule has 0 saturated carbocycles. The van der Waals surface area contributed by atoms with Gasteiger partial charge >= 0.3 is 0 Å². The van der Waals surface area contributed by atoms with E-state index in [0.717, 1.165) is 34.7 Å². The Morgan fingerprint density at radius 2 is 2.19 bits per heavy atom. The van der Waals surface area contributed by atoms with E-state index in [-0.39, 0.29) is 0 Å². The number of pyridine rings is 1. The Morgan fingerprint density at radius 1 is 1.31 bits per heavy atom. The van der Waals surface area contributed by atoms with Gasteiger partial charge in [0.25, 0.3) is 0 Å². The lowest BCUT2D eigenvalue weighted by atomic mass is 10.2. The average molecular weight is 233 g/mol. The molecule has 0 atom stereocenters. The maximum atomic E-state index is 5.71. The van der Waals surface area contributed by atoms with Crippen LogP contribution in [0.5, 0.6) is 0 Å². The first-order valence-electron chi connectivity index (χ1n) is 5.19. The second-order valence-electron chi connectivity index (χ2n) is 3.57. The zero-order chi connectivity index (χ0) is 11.4. The maximum absolute atomic E-state index is 5.71. The van der Waals surface area contributed by atoms with Crippen LogP contribution in [0.3, 0.4) is 0 Å². The zero-order valence-electron chi connectivity index (χ0n) is 9.23. The summed E-state index contributed by atoms with van der Waals surface area (Å²) in [6.45, 7) is 0.939. The van der Waals surface area contributed by atoms with Crippen LogP contribution in [0.1, 0.15) is 0 Å². The number of rotatable bonds is 4. The molecule has 3 N–H and O–H groups in total. The highest BCUT2D eigenvalue weighted by Gasteiger charge is 1.98. The number of nitrogens with one attached hydrogen (secondary N) is 1. The van der Waals surface area contributed by atoms with Gasteiger partial charge in [0.05, 0.1) is 5.52 Å². The number of hydrogen-bond donors (Lipinski definition) is 2. The van der Waals surface area contributed by atoms with Crippen molar-refractivity contribution in [1.82, 2.24) is 4.98 Å². The minimum Gasteiger partial charge on any atom is -0.399 e. The average Bonchev–Trinajstić information content (AvgIpc) is 2.29. The molecule has 0 aliphatic carbocycles. The van der Waals surface area contributed by atoms with Gasteiger partial charge in [-0.2, -0.15) is 11.8 Å². The Labute approximate surface area is 99.4 Å². The van der Waals surface area contributed by atoms with Gasteiger partial charge in [-0.05, 0) is 36.6 Å². The summed E-state index contributed by atoms with van der Waals surface area (Å²) in [4.78, 5) is 4.51. The summed E-state index contributed by atoms with van der Waals surface area (Å²) < 4.78 is 0. The van der Waals surface area contributed by atoms with Gasteiger partial charge < -0.3 is 11.1 Å². The number of aromatic nitrogens is 1. The molecule has 2 rings (SSSR count). The molecule has 0 bridgehead atoms. The monoisotopic (exact) mass is 233 g/mol. The van der Waals surface area contributed by atoms with Gasteiger partial charge in [0.15, 0.2) is 0 Å². The lowest BCUT2D eigenvalue weighted by molar-refractivity contribution is 1.19. The lowest BCUT2D eigenvalue weighted by Crippen LogP contribution is -2.05. The topological polar surface area (TPSA) is 50.9 Å². The van der Waals surface area contributed by atoms with Crippen LogP contribution < -0.4 is 11.1 Å². The van der Waals surface area contributed by atoms with Crippen LogP contribution in [0.4, 0.5) is 11.5 Å². The maximum Gasteiger partial charge on any atom is 0.126 e. The van der Waals surface area contributed by atoms with E-state index in [4.69, 9.17) is 5.73 Å². The van der Waals surface area contributed by atoms with Gasteiger partial charge in [-0.3, -0.25) is 0 Å². The Morgan fingerprint density at radius 3 is 3.00 bits per heavy atom. The fourth-order valence-corrected chi connectivity index (χ4v) is 1.83. The minimum atomic E-state index is 0.775. The van der Waals surface area contributed by atoms with E-state index in [0.29, 0.717) is 0 Å². The number of nitrogens with zero attached hydrogens (tertiary/aromatic N) is 1. The zero-order valence-corrected chi connectivity index (χ0v) is 10.1. The van der Waals surface area contributed by atoms with Gasteiger partial charge in [-0.15, -0.1) is 0 Å². The van der Waals surface area contributed by atoms with Crippen LogP contribution in [0.25, 0.3) is 10.9 Å². The molecule has 0 fully saturated rings. The molecule has 0 saturated heterocycles. The first kappa shape index (κ1) is 11.1. The number of thioether (sulfide) groups is 1. The van der Waals surface area contributed by atoms with E-state index in [1.165, 1.54) is 0 Å². The smallest absolute Gasteiger partial charge is 0.126 e. The fraction of sp³-hybridized carbons (Fsp3) is 0.250. The first-order valence-corrected chi connectivity index (χ1v) is 6.58. The standard InChI is InChI=1S/C12H15N3S/c1-16-7-6-14-12-5-2-9-8-10(13)3-4-11(9)15-12/h2-5,8H,6-7,13H2,1H3,(H,14,15). The molecule has 0 aliphatic heterocycles. The van der Waals surface area contributed by atoms with Gasteiger partial charge in [0, 0.05) is 23.4 Å². The van der Waals surface area contributed by atoms with Crippen LogP contribution >= 0.6 is 11.8 Å². The van der Waals surface area contributed by atoms with E-state index < -0.39 is 0 Å². The van der Waals surface area contributed by atoms with Crippen molar-refractivity contribution in [3.63, 3.8) is 0 Å². The van der Waals surface area contributed by atoms with Gasteiger partial charge in [0.1, 0.15) is 5.82 Å². The number of nitrogen functional groups attached to an aromatic ring is 1. The van der Waals surface area contributed by atoms with Crippen molar-refractivity contribution in [3.05, 3.63) is 30.3 Å². The predicted octanol–water partition coefficient (Wildman–Crippen LogP) is 2.59. The van der Waals surface area contributed by atoms with Crippen LogP contribution in [0.2, 0.25) is 0 Å². The molecular formula is C12H15N3S. The van der Waals surface area contributed by atoms with Crippen molar-refractivity contribution in [3.8, 4) is 0 Å². The van der Waals surface area contributed by atoms with E-state index in [2.05, 4.69) is 16.6 Å². The molecular weight excluding hydrogens is 218 g/mol. The Bertz CT molecular complexity index is 485. The Balaban J connectivity index is 2.20.